The number of nitrogens with one attached hydrogen (secondary N) is 1. The van der Waals surface area contributed by atoms with Crippen molar-refractivity contribution in [1.82, 2.24) is 0 Å². The number of halogens is 2. The van der Waals surface area contributed by atoms with Gasteiger partial charge in [0.25, 0.3) is 5.91 Å². The molecule has 0 unspecified atom stereocenters. The molecule has 0 saturated carbocycles. The predicted octanol–water partition coefficient (Wildman–Crippen LogP) is 3.97. The molecule has 0 aliphatic rings. The van der Waals surface area contributed by atoms with E-state index in [0.29, 0.717) is 11.3 Å². The van der Waals surface area contributed by atoms with Crippen molar-refractivity contribution in [3.8, 4) is 5.75 Å². The normalized spacial score (nSPS) is 10.6. The molecule has 0 aliphatic carbocycles. The van der Waals surface area contributed by atoms with Crippen LogP contribution in [0.5, 0.6) is 5.75 Å². The summed E-state index contributed by atoms with van der Waals surface area (Å²) >= 11 is 11.9. The van der Waals surface area contributed by atoms with E-state index in [9.17, 15) is 14.4 Å². The van der Waals surface area contributed by atoms with Crippen LogP contribution in [-0.2, 0) is 14.3 Å². The molecule has 9 heteroatoms. The molecule has 1 aromatic heterocycles. The molecule has 0 fully saturated rings. The highest BCUT2D eigenvalue weighted by Gasteiger charge is 2.13. The summed E-state index contributed by atoms with van der Waals surface area (Å²) in [4.78, 5) is 35.2. The SMILES string of the molecule is Cc1cc(=O)oc2cc(OCC(=O)OCC(=O)Nc3c(Cl)cccc3Cl)ccc12. The summed E-state index contributed by atoms with van der Waals surface area (Å²) in [5.74, 6) is -1.04. The number of carbonyl (C=O) groups excluding carboxylic acids is 2. The van der Waals surface area contributed by atoms with Crippen LogP contribution in [-0.4, -0.2) is 25.1 Å². The zero-order valence-electron chi connectivity index (χ0n) is 15.2. The maximum Gasteiger partial charge on any atom is 0.344 e. The third-order valence-corrected chi connectivity index (χ3v) is 4.50. The van der Waals surface area contributed by atoms with Crippen molar-refractivity contribution in [3.63, 3.8) is 0 Å². The first kappa shape index (κ1) is 20.7. The third kappa shape index (κ3) is 5.28. The number of para-hydroxylation sites is 1. The van der Waals surface area contributed by atoms with E-state index in [1.807, 2.05) is 0 Å². The monoisotopic (exact) mass is 435 g/mol. The summed E-state index contributed by atoms with van der Waals surface area (Å²) in [7, 11) is 0. The van der Waals surface area contributed by atoms with Crippen LogP contribution in [0.25, 0.3) is 11.0 Å². The van der Waals surface area contributed by atoms with Crippen LogP contribution in [0.2, 0.25) is 10.0 Å². The molecule has 1 amide bonds. The number of fused-ring (bicyclic) bond motifs is 1. The van der Waals surface area contributed by atoms with E-state index in [2.05, 4.69) is 5.32 Å². The minimum Gasteiger partial charge on any atom is -0.482 e. The van der Waals surface area contributed by atoms with E-state index < -0.39 is 30.7 Å². The fourth-order valence-electron chi connectivity index (χ4n) is 2.52. The lowest BCUT2D eigenvalue weighted by Crippen LogP contribution is -2.23. The quantitative estimate of drug-likeness (QED) is 0.464. The smallest absolute Gasteiger partial charge is 0.344 e. The van der Waals surface area contributed by atoms with E-state index in [-0.39, 0.29) is 15.7 Å². The number of anilines is 1. The fraction of sp³-hybridized carbons (Fsp3) is 0.150. The van der Waals surface area contributed by atoms with Crippen molar-refractivity contribution in [2.24, 2.45) is 0 Å². The van der Waals surface area contributed by atoms with Crippen LogP contribution in [0, 0.1) is 6.92 Å². The molecule has 0 atom stereocenters. The summed E-state index contributed by atoms with van der Waals surface area (Å²) in [6.45, 7) is 0.829. The molecule has 150 valence electrons. The number of ether oxygens (including phenoxy) is 2. The molecule has 7 nitrogen and oxygen atoms in total. The average molecular weight is 436 g/mol. The Labute approximate surface area is 175 Å². The van der Waals surface area contributed by atoms with Gasteiger partial charge in [-0.25, -0.2) is 9.59 Å². The topological polar surface area (TPSA) is 94.8 Å². The molecule has 29 heavy (non-hydrogen) atoms. The molecule has 3 rings (SSSR count). The molecule has 1 heterocycles. The van der Waals surface area contributed by atoms with Crippen LogP contribution in [0.4, 0.5) is 5.69 Å². The molecule has 0 bridgehead atoms. The van der Waals surface area contributed by atoms with E-state index in [0.717, 1.165) is 10.9 Å². The Morgan fingerprint density at radius 3 is 2.52 bits per heavy atom. The van der Waals surface area contributed by atoms with Crippen LogP contribution < -0.4 is 15.7 Å². The van der Waals surface area contributed by atoms with Gasteiger partial charge >= 0.3 is 11.6 Å². The van der Waals surface area contributed by atoms with Crippen molar-refractivity contribution in [1.29, 1.82) is 0 Å². The molecule has 1 N–H and O–H groups in total. The van der Waals surface area contributed by atoms with E-state index in [1.165, 1.54) is 12.1 Å². The van der Waals surface area contributed by atoms with E-state index in [1.54, 1.807) is 37.3 Å². The number of rotatable bonds is 6. The zero-order valence-corrected chi connectivity index (χ0v) is 16.7. The van der Waals surface area contributed by atoms with Crippen LogP contribution in [0.1, 0.15) is 5.56 Å². The Morgan fingerprint density at radius 2 is 1.79 bits per heavy atom. The number of aryl methyl sites for hydroxylation is 1. The lowest BCUT2D eigenvalue weighted by Gasteiger charge is -2.10. The summed E-state index contributed by atoms with van der Waals surface area (Å²) < 4.78 is 15.3. The van der Waals surface area contributed by atoms with Crippen LogP contribution in [0.15, 0.2) is 51.7 Å². The summed E-state index contributed by atoms with van der Waals surface area (Å²) in [5.41, 5.74) is 0.876. The number of amides is 1. The fourth-order valence-corrected chi connectivity index (χ4v) is 3.01. The second-order valence-electron chi connectivity index (χ2n) is 6.00. The van der Waals surface area contributed by atoms with E-state index in [4.69, 9.17) is 37.1 Å². The van der Waals surface area contributed by atoms with E-state index >= 15 is 0 Å². The Hall–Kier alpha value is -3.03. The van der Waals surface area contributed by atoms with Crippen molar-refractivity contribution in [3.05, 3.63) is 68.5 Å². The van der Waals surface area contributed by atoms with Gasteiger partial charge in [-0.1, -0.05) is 29.3 Å². The van der Waals surface area contributed by atoms with Crippen molar-refractivity contribution in [2.45, 2.75) is 6.92 Å². The molecule has 3 aromatic rings. The molecular weight excluding hydrogens is 421 g/mol. The molecule has 0 spiro atoms. The Kier molecular flexibility index (Phi) is 6.41. The minimum absolute atomic E-state index is 0.237. The summed E-state index contributed by atoms with van der Waals surface area (Å²) in [6, 6.07) is 11.0. The average Bonchev–Trinajstić information content (AvgIpc) is 2.67. The van der Waals surface area contributed by atoms with Gasteiger partial charge in [-0.05, 0) is 36.8 Å². The first-order valence-electron chi connectivity index (χ1n) is 8.40. The van der Waals surface area contributed by atoms with Gasteiger partial charge in [0, 0.05) is 17.5 Å². The van der Waals surface area contributed by atoms with Gasteiger partial charge in [0.2, 0.25) is 0 Å². The van der Waals surface area contributed by atoms with Gasteiger partial charge < -0.3 is 19.2 Å². The van der Waals surface area contributed by atoms with Gasteiger partial charge in [0.1, 0.15) is 11.3 Å². The summed E-state index contributed by atoms with van der Waals surface area (Å²) in [5, 5.41) is 3.76. The third-order valence-electron chi connectivity index (χ3n) is 3.87. The number of benzene rings is 2. The van der Waals surface area contributed by atoms with Gasteiger partial charge in [-0.15, -0.1) is 0 Å². The molecule has 0 saturated heterocycles. The van der Waals surface area contributed by atoms with Crippen molar-refractivity contribution >= 4 is 51.7 Å². The predicted molar refractivity (Wildman–Crippen MR) is 109 cm³/mol. The van der Waals surface area contributed by atoms with Crippen LogP contribution >= 0.6 is 23.2 Å². The number of hydrogen-bond acceptors (Lipinski definition) is 6. The van der Waals surface area contributed by atoms with Crippen LogP contribution in [0.3, 0.4) is 0 Å². The van der Waals surface area contributed by atoms with Gasteiger partial charge in [0.05, 0.1) is 15.7 Å². The molecular formula is C20H15Cl2NO6. The Bertz CT molecular complexity index is 1120. The molecule has 0 aliphatic heterocycles. The number of carbonyl (C=O) groups is 2. The number of hydrogen-bond donors (Lipinski definition) is 1. The maximum atomic E-state index is 11.9. The second-order valence-corrected chi connectivity index (χ2v) is 6.82. The lowest BCUT2D eigenvalue weighted by molar-refractivity contribution is -0.149. The van der Waals surface area contributed by atoms with Crippen molar-refractivity contribution in [2.75, 3.05) is 18.5 Å². The first-order chi connectivity index (χ1) is 13.8. The minimum atomic E-state index is -0.754. The number of esters is 1. The highest BCUT2D eigenvalue weighted by molar-refractivity contribution is 6.39. The Morgan fingerprint density at radius 1 is 1.07 bits per heavy atom. The summed E-state index contributed by atoms with van der Waals surface area (Å²) in [6.07, 6.45) is 0. The standard InChI is InChI=1S/C20H15Cl2NO6/c1-11-7-18(25)29-16-8-12(5-6-13(11)16)27-10-19(26)28-9-17(24)23-20-14(21)3-2-4-15(20)22/h2-8H,9-10H2,1H3,(H,23,24). The first-order valence-corrected chi connectivity index (χ1v) is 9.16. The Balaban J connectivity index is 1.53. The van der Waals surface area contributed by atoms with Crippen molar-refractivity contribution < 1.29 is 23.5 Å². The molecule has 0 radical (unpaired) electrons. The van der Waals surface area contributed by atoms with Gasteiger partial charge in [0.15, 0.2) is 13.2 Å². The zero-order chi connectivity index (χ0) is 21.0. The maximum absolute atomic E-state index is 11.9. The second kappa shape index (κ2) is 8.98. The highest BCUT2D eigenvalue weighted by atomic mass is 35.5. The highest BCUT2D eigenvalue weighted by Crippen LogP contribution is 2.29. The lowest BCUT2D eigenvalue weighted by atomic mass is 10.1. The largest absolute Gasteiger partial charge is 0.482 e. The van der Waals surface area contributed by atoms with Gasteiger partial charge in [-0.2, -0.15) is 0 Å². The van der Waals surface area contributed by atoms with Gasteiger partial charge in [-0.3, -0.25) is 4.79 Å². The molecule has 2 aromatic carbocycles.